The maximum absolute atomic E-state index is 13.9. The molecule has 4 rings (SSSR count). The lowest BCUT2D eigenvalue weighted by Crippen LogP contribution is -2.03. The molecule has 0 amide bonds. The van der Waals surface area contributed by atoms with Crippen LogP contribution in [0.2, 0.25) is 0 Å². The Morgan fingerprint density at radius 2 is 1.81 bits per heavy atom. The first-order valence-electron chi connectivity index (χ1n) is 8.34. The molecule has 0 aliphatic rings. The molecule has 0 saturated carbocycles. The largest absolute Gasteiger partial charge is 0.340 e. The molecule has 0 unspecified atom stereocenters. The summed E-state index contributed by atoms with van der Waals surface area (Å²) in [5.74, 6) is 1.53. The molecule has 5 nitrogen and oxygen atoms in total. The van der Waals surface area contributed by atoms with Crippen LogP contribution in [-0.2, 0) is 0 Å². The first-order chi connectivity index (χ1) is 12.5. The predicted molar refractivity (Wildman–Crippen MR) is 100 cm³/mol. The van der Waals surface area contributed by atoms with Crippen molar-refractivity contribution in [1.82, 2.24) is 19.6 Å². The second kappa shape index (κ2) is 6.22. The third-order valence-electron chi connectivity index (χ3n) is 4.16. The van der Waals surface area contributed by atoms with E-state index in [0.29, 0.717) is 28.7 Å². The van der Waals surface area contributed by atoms with Crippen molar-refractivity contribution in [3.8, 4) is 11.4 Å². The van der Waals surface area contributed by atoms with Gasteiger partial charge in [0, 0.05) is 23.0 Å². The Labute approximate surface area is 150 Å². The van der Waals surface area contributed by atoms with E-state index in [2.05, 4.69) is 20.4 Å². The van der Waals surface area contributed by atoms with Gasteiger partial charge in [-0.25, -0.2) is 9.37 Å². The van der Waals surface area contributed by atoms with Gasteiger partial charge in [0.2, 0.25) is 0 Å². The molecule has 0 aliphatic heterocycles. The minimum atomic E-state index is -0.254. The minimum absolute atomic E-state index is 0.254. The molecule has 0 radical (unpaired) electrons. The third-order valence-corrected chi connectivity index (χ3v) is 4.16. The van der Waals surface area contributed by atoms with Crippen LogP contribution >= 0.6 is 0 Å². The van der Waals surface area contributed by atoms with Crippen molar-refractivity contribution in [2.24, 2.45) is 0 Å². The SMILES string of the molecule is Cc1cccc(-c2nc3nc(C)cc(Nc4ccc(C)c(F)c4)n3n2)c1. The van der Waals surface area contributed by atoms with Crippen molar-refractivity contribution in [1.29, 1.82) is 0 Å². The van der Waals surface area contributed by atoms with Gasteiger partial charge in [0.15, 0.2) is 5.82 Å². The lowest BCUT2D eigenvalue weighted by atomic mass is 10.1. The lowest BCUT2D eigenvalue weighted by Gasteiger charge is -2.09. The molecule has 2 aromatic carbocycles. The number of halogens is 1. The van der Waals surface area contributed by atoms with Crippen LogP contribution in [0.25, 0.3) is 17.2 Å². The van der Waals surface area contributed by atoms with E-state index in [9.17, 15) is 4.39 Å². The van der Waals surface area contributed by atoms with Gasteiger partial charge in [0.1, 0.15) is 11.6 Å². The van der Waals surface area contributed by atoms with Crippen LogP contribution in [0, 0.1) is 26.6 Å². The number of nitrogens with one attached hydrogen (secondary N) is 1. The van der Waals surface area contributed by atoms with Gasteiger partial charge >= 0.3 is 0 Å². The van der Waals surface area contributed by atoms with E-state index in [1.54, 1.807) is 17.5 Å². The molecule has 0 aliphatic carbocycles. The standard InChI is InChI=1S/C20H18FN5/c1-12-5-4-6-15(9-12)19-24-20-22-14(3)10-18(26(20)25-19)23-16-8-7-13(2)17(21)11-16/h4-11,23H,1-3H3. The van der Waals surface area contributed by atoms with Crippen LogP contribution < -0.4 is 5.32 Å². The number of benzene rings is 2. The zero-order valence-electron chi connectivity index (χ0n) is 14.8. The summed E-state index contributed by atoms with van der Waals surface area (Å²) in [6.07, 6.45) is 0. The quantitative estimate of drug-likeness (QED) is 0.588. The smallest absolute Gasteiger partial charge is 0.254 e. The third kappa shape index (κ3) is 3.01. The van der Waals surface area contributed by atoms with Gasteiger partial charge < -0.3 is 5.32 Å². The zero-order valence-corrected chi connectivity index (χ0v) is 14.8. The van der Waals surface area contributed by atoms with Gasteiger partial charge in [-0.1, -0.05) is 29.8 Å². The van der Waals surface area contributed by atoms with Crippen LogP contribution in [0.3, 0.4) is 0 Å². The molecule has 0 saturated heterocycles. The summed E-state index contributed by atoms with van der Waals surface area (Å²) in [5.41, 5.74) is 4.12. The van der Waals surface area contributed by atoms with Gasteiger partial charge in [0.25, 0.3) is 5.78 Å². The van der Waals surface area contributed by atoms with Gasteiger partial charge in [0.05, 0.1) is 0 Å². The van der Waals surface area contributed by atoms with Crippen LogP contribution in [0.4, 0.5) is 15.9 Å². The van der Waals surface area contributed by atoms with Crippen LogP contribution in [0.1, 0.15) is 16.8 Å². The van der Waals surface area contributed by atoms with Gasteiger partial charge in [-0.05, 0) is 44.5 Å². The molecule has 4 aromatic rings. The van der Waals surface area contributed by atoms with Gasteiger partial charge in [-0.2, -0.15) is 9.50 Å². The lowest BCUT2D eigenvalue weighted by molar-refractivity contribution is 0.619. The summed E-state index contributed by atoms with van der Waals surface area (Å²) in [7, 11) is 0. The zero-order chi connectivity index (χ0) is 18.3. The fraction of sp³-hybridized carbons (Fsp3) is 0.150. The number of anilines is 2. The monoisotopic (exact) mass is 347 g/mol. The topological polar surface area (TPSA) is 55.1 Å². The van der Waals surface area contributed by atoms with E-state index in [1.165, 1.54) is 6.07 Å². The van der Waals surface area contributed by atoms with Gasteiger partial charge in [-0.3, -0.25) is 0 Å². The minimum Gasteiger partial charge on any atom is -0.340 e. The number of fused-ring (bicyclic) bond motifs is 1. The predicted octanol–water partition coefficient (Wildman–Crippen LogP) is 4.60. The Balaban J connectivity index is 1.80. The average molecular weight is 347 g/mol. The van der Waals surface area contributed by atoms with Crippen LogP contribution in [-0.4, -0.2) is 19.6 Å². The molecule has 0 bridgehead atoms. The Bertz CT molecular complexity index is 1120. The fourth-order valence-corrected chi connectivity index (χ4v) is 2.80. The number of rotatable bonds is 3. The Kier molecular flexibility index (Phi) is 3.88. The molecule has 26 heavy (non-hydrogen) atoms. The molecule has 2 heterocycles. The van der Waals surface area contributed by atoms with Crippen molar-refractivity contribution in [2.45, 2.75) is 20.8 Å². The highest BCUT2D eigenvalue weighted by Gasteiger charge is 2.12. The maximum atomic E-state index is 13.9. The molecule has 130 valence electrons. The summed E-state index contributed by atoms with van der Waals surface area (Å²) in [4.78, 5) is 9.00. The molecular formula is C20H18FN5. The highest BCUT2D eigenvalue weighted by atomic mass is 19.1. The van der Waals surface area contributed by atoms with Crippen molar-refractivity contribution >= 4 is 17.3 Å². The van der Waals surface area contributed by atoms with Gasteiger partial charge in [-0.15, -0.1) is 5.10 Å². The number of hydrogen-bond donors (Lipinski definition) is 1. The first kappa shape index (κ1) is 16.2. The summed E-state index contributed by atoms with van der Waals surface area (Å²) in [6.45, 7) is 5.65. The number of hydrogen-bond acceptors (Lipinski definition) is 4. The Morgan fingerprint density at radius 1 is 0.962 bits per heavy atom. The highest BCUT2D eigenvalue weighted by molar-refractivity contribution is 5.62. The number of aromatic nitrogens is 4. The van der Waals surface area contributed by atoms with Crippen molar-refractivity contribution in [3.63, 3.8) is 0 Å². The summed E-state index contributed by atoms with van der Waals surface area (Å²) >= 11 is 0. The van der Waals surface area contributed by atoms with E-state index in [1.807, 2.05) is 50.2 Å². The molecule has 2 aromatic heterocycles. The summed E-state index contributed by atoms with van der Waals surface area (Å²) in [6, 6.07) is 14.9. The molecular weight excluding hydrogens is 329 g/mol. The maximum Gasteiger partial charge on any atom is 0.254 e. The second-order valence-corrected chi connectivity index (χ2v) is 6.39. The molecule has 0 atom stereocenters. The van der Waals surface area contributed by atoms with Crippen LogP contribution in [0.15, 0.2) is 48.5 Å². The molecule has 1 N–H and O–H groups in total. The summed E-state index contributed by atoms with van der Waals surface area (Å²) in [5, 5.41) is 7.80. The van der Waals surface area contributed by atoms with Crippen molar-refractivity contribution < 1.29 is 4.39 Å². The average Bonchev–Trinajstić information content (AvgIpc) is 3.02. The van der Waals surface area contributed by atoms with E-state index >= 15 is 0 Å². The Hall–Kier alpha value is -3.28. The molecule has 6 heteroatoms. The van der Waals surface area contributed by atoms with Crippen LogP contribution in [0.5, 0.6) is 0 Å². The van der Waals surface area contributed by atoms with Crippen molar-refractivity contribution in [2.75, 3.05) is 5.32 Å². The number of aryl methyl sites for hydroxylation is 3. The number of nitrogens with zero attached hydrogens (tertiary/aromatic N) is 4. The molecule has 0 fully saturated rings. The second-order valence-electron chi connectivity index (χ2n) is 6.39. The van der Waals surface area contributed by atoms with Crippen molar-refractivity contribution in [3.05, 3.63) is 71.2 Å². The van der Waals surface area contributed by atoms with E-state index < -0.39 is 0 Å². The van der Waals surface area contributed by atoms with E-state index in [0.717, 1.165) is 16.8 Å². The molecule has 0 spiro atoms. The fourth-order valence-electron chi connectivity index (χ4n) is 2.80. The summed E-state index contributed by atoms with van der Waals surface area (Å²) < 4.78 is 15.5. The normalized spacial score (nSPS) is 11.1. The Morgan fingerprint density at radius 3 is 2.58 bits per heavy atom. The first-order valence-corrected chi connectivity index (χ1v) is 8.34. The highest BCUT2D eigenvalue weighted by Crippen LogP contribution is 2.23. The van der Waals surface area contributed by atoms with E-state index in [4.69, 9.17) is 0 Å². The van der Waals surface area contributed by atoms with E-state index in [-0.39, 0.29) is 5.82 Å².